The Morgan fingerprint density at radius 3 is 2.42 bits per heavy atom. The van der Waals surface area contributed by atoms with E-state index in [2.05, 4.69) is 10.3 Å². The highest BCUT2D eigenvalue weighted by Crippen LogP contribution is 2.33. The van der Waals surface area contributed by atoms with E-state index in [4.69, 9.17) is 11.1 Å². The van der Waals surface area contributed by atoms with E-state index in [-0.39, 0.29) is 39.7 Å². The minimum absolute atomic E-state index is 0.0619. The number of ketones is 1. The van der Waals surface area contributed by atoms with Crippen molar-refractivity contribution in [2.24, 2.45) is 5.73 Å². The number of phenolic OH excluding ortho intramolecular Hbond substituents is 1. The zero-order chi connectivity index (χ0) is 22.9. The summed E-state index contributed by atoms with van der Waals surface area (Å²) in [5.41, 5.74) is 7.13. The predicted octanol–water partition coefficient (Wildman–Crippen LogP) is 3.19. The number of carbonyl (C=O) groups is 3. The molecule has 1 aromatic heterocycles. The fourth-order valence-corrected chi connectivity index (χ4v) is 3.45. The Morgan fingerprint density at radius 2 is 1.84 bits per heavy atom. The molecule has 0 fully saturated rings. The van der Waals surface area contributed by atoms with Crippen LogP contribution in [0.1, 0.15) is 46.0 Å². The van der Waals surface area contributed by atoms with Crippen LogP contribution in [0.25, 0.3) is 10.9 Å². The second-order valence-corrected chi connectivity index (χ2v) is 7.11. The number of nitrogens with one attached hydrogen (secondary N) is 2. The summed E-state index contributed by atoms with van der Waals surface area (Å²) >= 11 is 0. The Kier molecular flexibility index (Phi) is 5.69. The number of nitrogens with zero attached hydrogens (tertiary/aromatic N) is 1. The lowest BCUT2D eigenvalue weighted by Crippen LogP contribution is -2.17. The van der Waals surface area contributed by atoms with Gasteiger partial charge in [0, 0.05) is 29.0 Å². The normalized spacial score (nSPS) is 11.7. The number of primary amides is 1. The van der Waals surface area contributed by atoms with Gasteiger partial charge in [0.15, 0.2) is 0 Å². The number of rotatable bonds is 7. The molecule has 3 aromatic rings. The van der Waals surface area contributed by atoms with Crippen LogP contribution in [-0.4, -0.2) is 38.6 Å². The number of nitrogens with two attached hydrogens (primary N) is 1. The van der Waals surface area contributed by atoms with Crippen LogP contribution in [0.5, 0.6) is 5.75 Å². The molecule has 1 unspecified atom stereocenters. The lowest BCUT2D eigenvalue weighted by Gasteiger charge is -2.17. The SMILES string of the molecule is CC(=N)C(C(C)=O)c1ccc2c(Nc3cc(O)cc(C(=O)O)c3)c(C(N)=O)cnc2c1. The van der Waals surface area contributed by atoms with Crippen LogP contribution in [0, 0.1) is 5.41 Å². The molecule has 158 valence electrons. The smallest absolute Gasteiger partial charge is 0.335 e. The number of aromatic hydroxyl groups is 1. The quantitative estimate of drug-likeness (QED) is 0.366. The number of fused-ring (bicyclic) bond motifs is 1. The standard InChI is InChI=1S/C22H20N4O5/c1-10(23)19(11(2)27)12-3-4-16-18(7-12)25-9-17(21(24)29)20(16)26-14-5-13(22(30)31)6-15(28)8-14/h3-9,19,23,28H,1-2H3,(H2,24,29)(H,25,26)(H,30,31). The average molecular weight is 420 g/mol. The van der Waals surface area contributed by atoms with E-state index >= 15 is 0 Å². The molecule has 3 rings (SSSR count). The van der Waals surface area contributed by atoms with E-state index in [0.29, 0.717) is 16.5 Å². The molecule has 6 N–H and O–H groups in total. The summed E-state index contributed by atoms with van der Waals surface area (Å²) in [6.45, 7) is 2.96. The van der Waals surface area contributed by atoms with Crippen molar-refractivity contribution >= 4 is 45.6 Å². The fraction of sp³-hybridized carbons (Fsp3) is 0.136. The van der Waals surface area contributed by atoms with Gasteiger partial charge in [-0.05, 0) is 37.6 Å². The number of Topliss-reactive ketones (excluding diaryl/α,β-unsaturated/α-hetero) is 1. The van der Waals surface area contributed by atoms with Gasteiger partial charge in [-0.3, -0.25) is 14.6 Å². The van der Waals surface area contributed by atoms with Crippen LogP contribution in [-0.2, 0) is 4.79 Å². The third-order valence-corrected chi connectivity index (χ3v) is 4.77. The molecular weight excluding hydrogens is 400 g/mol. The number of anilines is 2. The van der Waals surface area contributed by atoms with E-state index in [1.807, 2.05) is 0 Å². The first-order valence-corrected chi connectivity index (χ1v) is 9.20. The van der Waals surface area contributed by atoms with Crippen molar-refractivity contribution in [2.45, 2.75) is 19.8 Å². The Bertz CT molecular complexity index is 1240. The molecule has 9 heteroatoms. The minimum Gasteiger partial charge on any atom is -0.508 e. The van der Waals surface area contributed by atoms with Crippen molar-refractivity contribution in [3.05, 3.63) is 59.3 Å². The van der Waals surface area contributed by atoms with E-state index in [0.717, 1.165) is 6.07 Å². The zero-order valence-electron chi connectivity index (χ0n) is 16.8. The summed E-state index contributed by atoms with van der Waals surface area (Å²) in [6, 6.07) is 8.67. The monoisotopic (exact) mass is 420 g/mol. The number of pyridine rings is 1. The molecule has 1 amide bonds. The lowest BCUT2D eigenvalue weighted by molar-refractivity contribution is -0.117. The Balaban J connectivity index is 2.18. The van der Waals surface area contributed by atoms with Gasteiger partial charge in [0.1, 0.15) is 11.5 Å². The molecule has 0 radical (unpaired) electrons. The first-order valence-electron chi connectivity index (χ1n) is 9.20. The average Bonchev–Trinajstić information content (AvgIpc) is 2.66. The van der Waals surface area contributed by atoms with Crippen LogP contribution in [0.4, 0.5) is 11.4 Å². The maximum absolute atomic E-state index is 12.0. The Morgan fingerprint density at radius 1 is 1.13 bits per heavy atom. The number of hydrogen-bond donors (Lipinski definition) is 5. The predicted molar refractivity (Wildman–Crippen MR) is 115 cm³/mol. The summed E-state index contributed by atoms with van der Waals surface area (Å²) in [6.07, 6.45) is 1.28. The molecule has 2 aromatic carbocycles. The van der Waals surface area contributed by atoms with Crippen LogP contribution in [0.2, 0.25) is 0 Å². The molecule has 1 heterocycles. The molecule has 0 aliphatic carbocycles. The summed E-state index contributed by atoms with van der Waals surface area (Å²) in [4.78, 5) is 39.5. The highest BCUT2D eigenvalue weighted by atomic mass is 16.4. The number of phenols is 1. The third kappa shape index (κ3) is 4.35. The summed E-state index contributed by atoms with van der Waals surface area (Å²) in [5, 5.41) is 30.4. The van der Waals surface area contributed by atoms with Crippen molar-refractivity contribution in [3.63, 3.8) is 0 Å². The van der Waals surface area contributed by atoms with Crippen molar-refractivity contribution in [2.75, 3.05) is 5.32 Å². The molecule has 9 nitrogen and oxygen atoms in total. The molecule has 0 spiro atoms. The number of carboxylic acid groups (broad SMARTS) is 1. The largest absolute Gasteiger partial charge is 0.508 e. The topological polar surface area (TPSA) is 166 Å². The maximum atomic E-state index is 12.0. The van der Waals surface area contributed by atoms with E-state index in [1.165, 1.54) is 25.3 Å². The number of aromatic carboxylic acids is 1. The van der Waals surface area contributed by atoms with Gasteiger partial charge in [0.25, 0.3) is 5.91 Å². The number of hydrogen-bond acceptors (Lipinski definition) is 7. The molecular formula is C22H20N4O5. The molecule has 31 heavy (non-hydrogen) atoms. The third-order valence-electron chi connectivity index (χ3n) is 4.77. The zero-order valence-corrected chi connectivity index (χ0v) is 16.8. The van der Waals surface area contributed by atoms with Crippen LogP contribution in [0.3, 0.4) is 0 Å². The van der Waals surface area contributed by atoms with Crippen molar-refractivity contribution in [3.8, 4) is 5.75 Å². The van der Waals surface area contributed by atoms with Gasteiger partial charge in [0.05, 0.1) is 28.2 Å². The van der Waals surface area contributed by atoms with E-state index < -0.39 is 17.8 Å². The Hall–Kier alpha value is -4.27. The van der Waals surface area contributed by atoms with Crippen LogP contribution < -0.4 is 11.1 Å². The summed E-state index contributed by atoms with van der Waals surface area (Å²) < 4.78 is 0. The molecule has 0 saturated heterocycles. The van der Waals surface area contributed by atoms with Crippen molar-refractivity contribution in [1.82, 2.24) is 4.98 Å². The maximum Gasteiger partial charge on any atom is 0.335 e. The van der Waals surface area contributed by atoms with Gasteiger partial charge < -0.3 is 26.7 Å². The van der Waals surface area contributed by atoms with E-state index in [1.54, 1.807) is 25.1 Å². The molecule has 0 saturated carbocycles. The number of amides is 1. The summed E-state index contributed by atoms with van der Waals surface area (Å²) in [7, 11) is 0. The Labute approximate surface area is 177 Å². The number of carboxylic acids is 1. The van der Waals surface area contributed by atoms with Gasteiger partial charge in [-0.25, -0.2) is 4.79 Å². The first kappa shape index (κ1) is 21.4. The summed E-state index contributed by atoms with van der Waals surface area (Å²) in [5.74, 6) is -3.14. The van der Waals surface area contributed by atoms with Gasteiger partial charge in [-0.2, -0.15) is 0 Å². The van der Waals surface area contributed by atoms with Gasteiger partial charge in [-0.15, -0.1) is 0 Å². The molecule has 0 bridgehead atoms. The number of carbonyl (C=O) groups excluding carboxylic acids is 2. The lowest BCUT2D eigenvalue weighted by atomic mass is 9.90. The van der Waals surface area contributed by atoms with Gasteiger partial charge >= 0.3 is 5.97 Å². The van der Waals surface area contributed by atoms with Gasteiger partial charge in [-0.1, -0.05) is 12.1 Å². The highest BCUT2D eigenvalue weighted by Gasteiger charge is 2.21. The molecule has 0 aliphatic heterocycles. The molecule has 1 atom stereocenters. The fourth-order valence-electron chi connectivity index (χ4n) is 3.45. The highest BCUT2D eigenvalue weighted by molar-refractivity contribution is 6.10. The van der Waals surface area contributed by atoms with Crippen molar-refractivity contribution < 1.29 is 24.6 Å². The second kappa shape index (κ2) is 8.23. The van der Waals surface area contributed by atoms with Crippen molar-refractivity contribution in [1.29, 1.82) is 5.41 Å². The van der Waals surface area contributed by atoms with E-state index in [9.17, 15) is 24.6 Å². The van der Waals surface area contributed by atoms with Crippen LogP contribution >= 0.6 is 0 Å². The van der Waals surface area contributed by atoms with Crippen LogP contribution in [0.15, 0.2) is 42.6 Å². The molecule has 0 aliphatic rings. The first-order chi connectivity index (χ1) is 14.6. The number of benzene rings is 2. The second-order valence-electron chi connectivity index (χ2n) is 7.11. The van der Waals surface area contributed by atoms with Gasteiger partial charge in [0.2, 0.25) is 0 Å². The number of aromatic nitrogens is 1. The minimum atomic E-state index is -1.23.